The second-order valence-electron chi connectivity index (χ2n) is 9.72. The molecule has 0 aromatic heterocycles. The number of rotatable bonds is 7. The molecule has 0 radical (unpaired) electrons. The van der Waals surface area contributed by atoms with E-state index >= 15 is 0 Å². The topological polar surface area (TPSA) is 24.5 Å². The quantitative estimate of drug-likeness (QED) is 0.320. The van der Waals surface area contributed by atoms with Gasteiger partial charge in [0.25, 0.3) is 0 Å². The second kappa shape index (κ2) is 9.15. The highest BCUT2D eigenvalue weighted by Gasteiger charge is 2.28. The van der Waals surface area contributed by atoms with Gasteiger partial charge in [0, 0.05) is 11.7 Å². The molecule has 1 aliphatic heterocycles. The third-order valence-corrected chi connectivity index (χ3v) is 7.27. The third-order valence-electron chi connectivity index (χ3n) is 7.27. The molecule has 4 aromatic rings. The van der Waals surface area contributed by atoms with E-state index in [9.17, 15) is 0 Å². The monoisotopic (exact) mass is 448 g/mol. The maximum absolute atomic E-state index is 6.45. The molecule has 4 aromatic carbocycles. The molecule has 34 heavy (non-hydrogen) atoms. The van der Waals surface area contributed by atoms with Gasteiger partial charge in [-0.1, -0.05) is 66.7 Å². The molecule has 1 saturated carbocycles. The van der Waals surface area contributed by atoms with Gasteiger partial charge in [0.05, 0.1) is 12.2 Å². The number of fused-ring (bicyclic) bond motifs is 2. The molecular formula is C31H32N2O. The van der Waals surface area contributed by atoms with Crippen molar-refractivity contribution in [1.82, 2.24) is 5.32 Å². The Hall–Kier alpha value is -3.30. The Morgan fingerprint density at radius 2 is 1.71 bits per heavy atom. The van der Waals surface area contributed by atoms with Crippen LogP contribution in [-0.2, 0) is 0 Å². The van der Waals surface area contributed by atoms with Gasteiger partial charge in [-0.15, -0.1) is 0 Å². The molecule has 1 heterocycles. The molecule has 1 aliphatic carbocycles. The van der Waals surface area contributed by atoms with Crippen molar-refractivity contribution in [2.24, 2.45) is 0 Å². The van der Waals surface area contributed by atoms with Crippen molar-refractivity contribution in [1.29, 1.82) is 0 Å². The number of hydrogen-bond acceptors (Lipinski definition) is 3. The van der Waals surface area contributed by atoms with E-state index in [1.165, 1.54) is 46.1 Å². The highest BCUT2D eigenvalue weighted by atomic mass is 16.5. The van der Waals surface area contributed by atoms with Gasteiger partial charge in [0.15, 0.2) is 0 Å². The molecule has 3 nitrogen and oxygen atoms in total. The fourth-order valence-corrected chi connectivity index (χ4v) is 5.26. The Morgan fingerprint density at radius 3 is 2.62 bits per heavy atom. The molecular weight excluding hydrogens is 416 g/mol. The summed E-state index contributed by atoms with van der Waals surface area (Å²) in [5.74, 6) is 1.74. The Labute approximate surface area is 202 Å². The van der Waals surface area contributed by atoms with Gasteiger partial charge >= 0.3 is 0 Å². The van der Waals surface area contributed by atoms with Crippen molar-refractivity contribution in [3.05, 3.63) is 102 Å². The zero-order valence-corrected chi connectivity index (χ0v) is 19.8. The van der Waals surface area contributed by atoms with Crippen LogP contribution in [-0.4, -0.2) is 19.2 Å². The smallest absolute Gasteiger partial charge is 0.143 e. The maximum Gasteiger partial charge on any atom is 0.143 e. The van der Waals surface area contributed by atoms with E-state index in [0.717, 1.165) is 31.2 Å². The molecule has 172 valence electrons. The summed E-state index contributed by atoms with van der Waals surface area (Å²) in [6.07, 6.45) is 3.76. The van der Waals surface area contributed by atoms with Crippen LogP contribution in [0.25, 0.3) is 10.8 Å². The average Bonchev–Trinajstić information content (AvgIpc) is 3.74. The highest BCUT2D eigenvalue weighted by Crippen LogP contribution is 2.43. The van der Waals surface area contributed by atoms with E-state index in [-0.39, 0.29) is 12.1 Å². The van der Waals surface area contributed by atoms with E-state index in [0.29, 0.717) is 0 Å². The number of nitrogens with zero attached hydrogens (tertiary/aromatic N) is 1. The predicted molar refractivity (Wildman–Crippen MR) is 141 cm³/mol. The first-order valence-electron chi connectivity index (χ1n) is 12.6. The van der Waals surface area contributed by atoms with Crippen LogP contribution in [0.3, 0.4) is 0 Å². The fourth-order valence-electron chi connectivity index (χ4n) is 5.26. The third kappa shape index (κ3) is 4.28. The summed E-state index contributed by atoms with van der Waals surface area (Å²) < 4.78 is 6.45. The molecule has 1 fully saturated rings. The van der Waals surface area contributed by atoms with E-state index in [2.05, 4.69) is 108 Å². The minimum absolute atomic E-state index is 0.145. The van der Waals surface area contributed by atoms with Gasteiger partial charge in [-0.25, -0.2) is 0 Å². The van der Waals surface area contributed by atoms with Crippen molar-refractivity contribution in [3.63, 3.8) is 0 Å². The fraction of sp³-hybridized carbons (Fsp3) is 0.290. The first kappa shape index (κ1) is 21.2. The van der Waals surface area contributed by atoms with Gasteiger partial charge in [-0.2, -0.15) is 0 Å². The predicted octanol–water partition coefficient (Wildman–Crippen LogP) is 7.36. The number of benzene rings is 4. The summed E-state index contributed by atoms with van der Waals surface area (Å²) in [6, 6.07) is 33.1. The van der Waals surface area contributed by atoms with Crippen LogP contribution in [0.15, 0.2) is 91.0 Å². The molecule has 0 saturated heterocycles. The number of hydrogen-bond donors (Lipinski definition) is 1. The van der Waals surface area contributed by atoms with Crippen molar-refractivity contribution in [2.45, 2.75) is 44.2 Å². The van der Waals surface area contributed by atoms with E-state index in [4.69, 9.17) is 4.74 Å². The molecule has 0 spiro atoms. The Kier molecular flexibility index (Phi) is 5.72. The van der Waals surface area contributed by atoms with Gasteiger partial charge in [-0.05, 0) is 84.8 Å². The molecule has 2 atom stereocenters. The molecule has 0 amide bonds. The number of anilines is 2. The highest BCUT2D eigenvalue weighted by molar-refractivity contribution is 5.86. The van der Waals surface area contributed by atoms with E-state index in [1.807, 2.05) is 0 Å². The Bertz CT molecular complexity index is 1290. The lowest BCUT2D eigenvalue weighted by atomic mass is 9.99. The van der Waals surface area contributed by atoms with Crippen LogP contribution in [0.5, 0.6) is 5.75 Å². The molecule has 3 heteroatoms. The first-order chi connectivity index (χ1) is 16.8. The minimum atomic E-state index is 0.145. The van der Waals surface area contributed by atoms with E-state index in [1.54, 1.807) is 0 Å². The van der Waals surface area contributed by atoms with Gasteiger partial charge in [0.2, 0.25) is 0 Å². The van der Waals surface area contributed by atoms with E-state index < -0.39 is 0 Å². The summed E-state index contributed by atoms with van der Waals surface area (Å²) in [6.45, 7) is 4.04. The number of para-hydroxylation sites is 2. The van der Waals surface area contributed by atoms with Crippen molar-refractivity contribution in [2.75, 3.05) is 18.0 Å². The zero-order chi connectivity index (χ0) is 22.9. The lowest BCUT2D eigenvalue weighted by Crippen LogP contribution is -2.39. The van der Waals surface area contributed by atoms with Gasteiger partial charge < -0.3 is 15.0 Å². The summed E-state index contributed by atoms with van der Waals surface area (Å²) in [5, 5.41) is 6.38. The Morgan fingerprint density at radius 1 is 0.912 bits per heavy atom. The largest absolute Gasteiger partial charge is 0.486 e. The molecule has 6 rings (SSSR count). The summed E-state index contributed by atoms with van der Waals surface area (Å²) in [5.41, 5.74) is 5.28. The molecule has 1 unspecified atom stereocenters. The van der Waals surface area contributed by atoms with Crippen LogP contribution < -0.4 is 15.0 Å². The van der Waals surface area contributed by atoms with Gasteiger partial charge in [0.1, 0.15) is 11.9 Å². The molecule has 0 bridgehead atoms. The SMILES string of the molecule is C[C@@H](NCCC1CN(c2cccc(C3CC3)c2)c2ccccc2O1)c1cccc2ccccc12. The van der Waals surface area contributed by atoms with Crippen LogP contribution >= 0.6 is 0 Å². The van der Waals surface area contributed by atoms with Crippen LogP contribution in [0.4, 0.5) is 11.4 Å². The van der Waals surface area contributed by atoms with Crippen molar-refractivity contribution in [3.8, 4) is 5.75 Å². The lowest BCUT2D eigenvalue weighted by Gasteiger charge is -2.36. The lowest BCUT2D eigenvalue weighted by molar-refractivity contribution is 0.186. The number of ether oxygens (including phenoxy) is 1. The average molecular weight is 449 g/mol. The summed E-state index contributed by atoms with van der Waals surface area (Å²) in [7, 11) is 0. The van der Waals surface area contributed by atoms with Crippen LogP contribution in [0.2, 0.25) is 0 Å². The standard InChI is InChI=1S/C31H32N2O/c1-22(28-13-7-9-24-8-2-3-12-29(24)28)32-19-18-27-21-33(30-14-4-5-15-31(30)34-27)26-11-6-10-25(20-26)23-16-17-23/h2-15,20,22-23,27,32H,16-19,21H2,1H3/t22-,27?/m1/s1. The minimum Gasteiger partial charge on any atom is -0.486 e. The number of nitrogens with one attached hydrogen (secondary N) is 1. The van der Waals surface area contributed by atoms with Crippen molar-refractivity contribution < 1.29 is 4.74 Å². The summed E-state index contributed by atoms with van der Waals surface area (Å²) >= 11 is 0. The molecule has 2 aliphatic rings. The van der Waals surface area contributed by atoms with Crippen LogP contribution in [0.1, 0.15) is 49.3 Å². The summed E-state index contributed by atoms with van der Waals surface area (Å²) in [4.78, 5) is 2.45. The first-order valence-corrected chi connectivity index (χ1v) is 12.6. The molecule has 1 N–H and O–H groups in total. The normalized spacial score (nSPS) is 18.4. The maximum atomic E-state index is 6.45. The van der Waals surface area contributed by atoms with Gasteiger partial charge in [-0.3, -0.25) is 0 Å². The van der Waals surface area contributed by atoms with Crippen molar-refractivity contribution >= 4 is 22.1 Å². The Balaban J connectivity index is 1.16. The zero-order valence-electron chi connectivity index (χ0n) is 19.8. The second-order valence-corrected chi connectivity index (χ2v) is 9.72. The van der Waals surface area contributed by atoms with Crippen LogP contribution in [0, 0.1) is 0 Å².